The van der Waals surface area contributed by atoms with E-state index in [4.69, 9.17) is 0 Å². The highest BCUT2D eigenvalue weighted by atomic mass is 32.2. The lowest BCUT2D eigenvalue weighted by molar-refractivity contribution is -0.119. The van der Waals surface area contributed by atoms with Crippen LogP contribution in [0.2, 0.25) is 0 Å². The van der Waals surface area contributed by atoms with Gasteiger partial charge in [-0.1, -0.05) is 31.0 Å². The topological polar surface area (TPSA) is 126 Å². The molecule has 2 heterocycles. The number of hydrogen-bond donors (Lipinski definition) is 3. The zero-order valence-corrected chi connectivity index (χ0v) is 18.1. The van der Waals surface area contributed by atoms with Crippen molar-refractivity contribution in [2.24, 2.45) is 0 Å². The molecule has 0 bridgehead atoms. The van der Waals surface area contributed by atoms with Gasteiger partial charge < -0.3 is 10.3 Å². The maximum absolute atomic E-state index is 13.5. The van der Waals surface area contributed by atoms with Gasteiger partial charge in [-0.05, 0) is 37.1 Å². The third-order valence-corrected chi connectivity index (χ3v) is 6.18. The Kier molecular flexibility index (Phi) is 6.84. The third kappa shape index (κ3) is 5.52. The molecular weight excluding hydrogens is 435 g/mol. The molecule has 9 nitrogen and oxygen atoms in total. The van der Waals surface area contributed by atoms with Gasteiger partial charge in [0.25, 0.3) is 5.56 Å². The SMILES string of the molecule is O=C(CSc1nnc(Cc2cc(=O)[nH]c(=O)[nH]2)n1-c1ccc(F)cc1)NC1CCCCC1. The maximum Gasteiger partial charge on any atom is 0.325 e. The number of nitrogens with zero attached hydrogens (tertiary/aromatic N) is 3. The molecule has 168 valence electrons. The number of rotatable bonds is 7. The van der Waals surface area contributed by atoms with Gasteiger partial charge in [-0.15, -0.1) is 10.2 Å². The molecule has 3 aromatic rings. The van der Waals surface area contributed by atoms with Gasteiger partial charge in [-0.3, -0.25) is 19.1 Å². The number of amides is 1. The van der Waals surface area contributed by atoms with Gasteiger partial charge >= 0.3 is 5.69 Å². The molecule has 0 saturated heterocycles. The number of carbonyl (C=O) groups is 1. The van der Waals surface area contributed by atoms with Crippen LogP contribution in [-0.2, 0) is 11.2 Å². The van der Waals surface area contributed by atoms with Gasteiger partial charge in [0.15, 0.2) is 5.16 Å². The van der Waals surface area contributed by atoms with Crippen LogP contribution in [0.4, 0.5) is 4.39 Å². The number of carbonyl (C=O) groups excluding carboxylic acids is 1. The second-order valence-corrected chi connectivity index (χ2v) is 8.63. The van der Waals surface area contributed by atoms with Crippen LogP contribution >= 0.6 is 11.8 Å². The molecule has 32 heavy (non-hydrogen) atoms. The van der Waals surface area contributed by atoms with Crippen LogP contribution in [-0.4, -0.2) is 42.4 Å². The zero-order chi connectivity index (χ0) is 22.5. The number of hydrogen-bond acceptors (Lipinski definition) is 6. The van der Waals surface area contributed by atoms with Gasteiger partial charge in [0.2, 0.25) is 5.91 Å². The number of aromatic nitrogens is 5. The summed E-state index contributed by atoms with van der Waals surface area (Å²) in [5, 5.41) is 11.9. The lowest BCUT2D eigenvalue weighted by Gasteiger charge is -2.22. The van der Waals surface area contributed by atoms with Crippen molar-refractivity contribution in [3.63, 3.8) is 0 Å². The van der Waals surface area contributed by atoms with Crippen molar-refractivity contribution in [2.75, 3.05) is 5.75 Å². The molecule has 1 amide bonds. The van der Waals surface area contributed by atoms with Crippen LogP contribution in [0.25, 0.3) is 5.69 Å². The third-order valence-electron chi connectivity index (χ3n) is 5.25. The minimum absolute atomic E-state index is 0.0731. The maximum atomic E-state index is 13.5. The summed E-state index contributed by atoms with van der Waals surface area (Å²) in [4.78, 5) is 40.3. The van der Waals surface area contributed by atoms with Crippen molar-refractivity contribution in [1.82, 2.24) is 30.0 Å². The Hall–Kier alpha value is -3.21. The molecule has 1 fully saturated rings. The Morgan fingerprint density at radius 2 is 1.88 bits per heavy atom. The van der Waals surface area contributed by atoms with E-state index in [1.165, 1.54) is 36.4 Å². The fraction of sp³-hybridized carbons (Fsp3) is 0.381. The molecule has 1 aromatic carbocycles. The summed E-state index contributed by atoms with van der Waals surface area (Å²) in [6, 6.07) is 7.28. The Morgan fingerprint density at radius 3 is 2.59 bits per heavy atom. The molecule has 1 aliphatic rings. The second kappa shape index (κ2) is 9.94. The number of H-pyrrole nitrogens is 2. The van der Waals surface area contributed by atoms with Crippen molar-refractivity contribution >= 4 is 17.7 Å². The van der Waals surface area contributed by atoms with Crippen molar-refractivity contribution in [3.8, 4) is 5.69 Å². The molecule has 1 saturated carbocycles. The van der Waals surface area contributed by atoms with Crippen LogP contribution in [0, 0.1) is 5.82 Å². The smallest absolute Gasteiger partial charge is 0.325 e. The predicted molar refractivity (Wildman–Crippen MR) is 118 cm³/mol. The number of nitrogens with one attached hydrogen (secondary N) is 3. The average molecular weight is 459 g/mol. The monoisotopic (exact) mass is 458 g/mol. The van der Waals surface area contributed by atoms with E-state index in [9.17, 15) is 18.8 Å². The Balaban J connectivity index is 1.56. The highest BCUT2D eigenvalue weighted by molar-refractivity contribution is 7.99. The molecule has 0 aliphatic heterocycles. The quantitative estimate of drug-likeness (QED) is 0.465. The van der Waals surface area contributed by atoms with Gasteiger partial charge in [-0.2, -0.15) is 0 Å². The first kappa shape index (κ1) is 22.0. The van der Waals surface area contributed by atoms with Crippen molar-refractivity contribution in [3.05, 3.63) is 68.5 Å². The van der Waals surface area contributed by atoms with Crippen LogP contribution < -0.4 is 16.6 Å². The molecule has 0 unspecified atom stereocenters. The molecular formula is C21H23FN6O3S. The van der Waals surface area contributed by atoms with Gasteiger partial charge in [0.05, 0.1) is 5.75 Å². The standard InChI is InChI=1S/C21H23FN6O3S/c22-13-6-8-16(9-7-13)28-17(10-15-11-18(29)25-20(31)24-15)26-27-21(28)32-12-19(30)23-14-4-2-1-3-5-14/h6-9,11,14H,1-5,10,12H2,(H,23,30)(H2,24,25,29,31). The van der Waals surface area contributed by atoms with Crippen molar-refractivity contribution < 1.29 is 9.18 Å². The minimum atomic E-state index is -0.616. The summed E-state index contributed by atoms with van der Waals surface area (Å²) in [5.41, 5.74) is -0.171. The zero-order valence-electron chi connectivity index (χ0n) is 17.3. The molecule has 0 atom stereocenters. The van der Waals surface area contributed by atoms with E-state index in [1.54, 1.807) is 16.7 Å². The molecule has 0 spiro atoms. The Bertz CT molecular complexity index is 1170. The molecule has 1 aliphatic carbocycles. The van der Waals surface area contributed by atoms with Crippen molar-refractivity contribution in [2.45, 2.75) is 49.7 Å². The van der Waals surface area contributed by atoms with Gasteiger partial charge in [0.1, 0.15) is 11.6 Å². The van der Waals surface area contributed by atoms with E-state index < -0.39 is 11.2 Å². The molecule has 11 heteroatoms. The first-order chi connectivity index (χ1) is 15.5. The van der Waals surface area contributed by atoms with Crippen LogP contribution in [0.1, 0.15) is 43.6 Å². The predicted octanol–water partition coefficient (Wildman–Crippen LogP) is 1.91. The Morgan fingerprint density at radius 1 is 1.12 bits per heavy atom. The average Bonchev–Trinajstić information content (AvgIpc) is 3.15. The van der Waals surface area contributed by atoms with E-state index in [0.29, 0.717) is 22.4 Å². The van der Waals surface area contributed by atoms with Gasteiger partial charge in [-0.25, -0.2) is 9.18 Å². The van der Waals surface area contributed by atoms with Crippen LogP contribution in [0.3, 0.4) is 0 Å². The van der Waals surface area contributed by atoms with Crippen LogP contribution in [0.15, 0.2) is 45.1 Å². The summed E-state index contributed by atoms with van der Waals surface area (Å²) < 4.78 is 15.2. The number of aromatic amines is 2. The first-order valence-corrected chi connectivity index (χ1v) is 11.4. The number of halogens is 1. The lowest BCUT2D eigenvalue weighted by atomic mass is 9.95. The molecule has 2 aromatic heterocycles. The number of benzene rings is 1. The summed E-state index contributed by atoms with van der Waals surface area (Å²) in [7, 11) is 0. The second-order valence-electron chi connectivity index (χ2n) is 7.69. The Labute approximate surface area is 186 Å². The summed E-state index contributed by atoms with van der Waals surface area (Å²) in [6.45, 7) is 0. The highest BCUT2D eigenvalue weighted by Crippen LogP contribution is 2.24. The normalized spacial score (nSPS) is 14.4. The van der Waals surface area contributed by atoms with E-state index in [1.807, 2.05) is 0 Å². The molecule has 0 radical (unpaired) electrons. The highest BCUT2D eigenvalue weighted by Gasteiger charge is 2.19. The van der Waals surface area contributed by atoms with E-state index in [0.717, 1.165) is 25.7 Å². The fourth-order valence-corrected chi connectivity index (χ4v) is 4.57. The van der Waals surface area contributed by atoms with E-state index in [-0.39, 0.29) is 29.9 Å². The van der Waals surface area contributed by atoms with Gasteiger partial charge in [0, 0.05) is 29.9 Å². The summed E-state index contributed by atoms with van der Waals surface area (Å²) >= 11 is 1.22. The largest absolute Gasteiger partial charge is 0.353 e. The van der Waals surface area contributed by atoms with Crippen molar-refractivity contribution in [1.29, 1.82) is 0 Å². The lowest BCUT2D eigenvalue weighted by Crippen LogP contribution is -2.37. The van der Waals surface area contributed by atoms with E-state index >= 15 is 0 Å². The van der Waals surface area contributed by atoms with E-state index in [2.05, 4.69) is 25.5 Å². The summed E-state index contributed by atoms with van der Waals surface area (Å²) in [6.07, 6.45) is 5.60. The minimum Gasteiger partial charge on any atom is -0.353 e. The molecule has 4 rings (SSSR count). The van der Waals surface area contributed by atoms with Crippen LogP contribution in [0.5, 0.6) is 0 Å². The number of thioether (sulfide) groups is 1. The fourth-order valence-electron chi connectivity index (χ4n) is 3.79. The molecule has 3 N–H and O–H groups in total. The first-order valence-electron chi connectivity index (χ1n) is 10.4. The summed E-state index contributed by atoms with van der Waals surface area (Å²) in [5.74, 6) is 0.143.